The zero-order valence-electron chi connectivity index (χ0n) is 5.61. The summed E-state index contributed by atoms with van der Waals surface area (Å²) in [5, 5.41) is 3.22. The lowest BCUT2D eigenvalue weighted by Crippen LogP contribution is -2.14. The fraction of sp³-hybridized carbons (Fsp3) is 0.714. The van der Waals surface area contributed by atoms with Gasteiger partial charge in [-0.25, -0.2) is 0 Å². The Labute approximate surface area is 51.8 Å². The molecule has 0 bridgehead atoms. The zero-order chi connectivity index (χ0) is 6.24. The van der Waals surface area contributed by atoms with Crippen LogP contribution in [0.3, 0.4) is 0 Å². The first-order chi connectivity index (χ1) is 3.91. The van der Waals surface area contributed by atoms with Gasteiger partial charge in [0.2, 0.25) is 0 Å². The van der Waals surface area contributed by atoms with Gasteiger partial charge >= 0.3 is 0 Å². The van der Waals surface area contributed by atoms with E-state index >= 15 is 0 Å². The average molecular weight is 113 g/mol. The van der Waals surface area contributed by atoms with Crippen LogP contribution >= 0.6 is 0 Å². The smallest absolute Gasteiger partial charge is 0.0132 e. The Morgan fingerprint density at radius 2 is 2.38 bits per heavy atom. The summed E-state index contributed by atoms with van der Waals surface area (Å²) < 4.78 is 0. The Balaban J connectivity index is 2.62. The molecule has 1 N–H and O–H groups in total. The second-order valence-electron chi connectivity index (χ2n) is 1.85. The van der Waals surface area contributed by atoms with Gasteiger partial charge in [-0.3, -0.25) is 0 Å². The molecule has 0 aliphatic heterocycles. The summed E-state index contributed by atoms with van der Waals surface area (Å²) in [5.74, 6) is 0. The Bertz CT molecular complexity index is 50.3. The first kappa shape index (κ1) is 7.70. The van der Waals surface area contributed by atoms with Crippen LogP contribution < -0.4 is 5.32 Å². The van der Waals surface area contributed by atoms with E-state index in [0.29, 0.717) is 0 Å². The van der Waals surface area contributed by atoms with E-state index in [9.17, 15) is 0 Å². The van der Waals surface area contributed by atoms with Crippen molar-refractivity contribution < 1.29 is 0 Å². The number of nitrogens with one attached hydrogen (secondary N) is 1. The predicted octanol–water partition coefficient (Wildman–Crippen LogP) is 1.56. The van der Waals surface area contributed by atoms with E-state index in [4.69, 9.17) is 0 Å². The second kappa shape index (κ2) is 6.70. The molecule has 0 unspecified atom stereocenters. The van der Waals surface area contributed by atoms with Crippen LogP contribution in [0.5, 0.6) is 0 Å². The monoisotopic (exact) mass is 113 g/mol. The molecule has 0 aliphatic rings. The lowest BCUT2D eigenvalue weighted by Gasteiger charge is -1.96. The van der Waals surface area contributed by atoms with Crippen LogP contribution in [0.1, 0.15) is 19.8 Å². The van der Waals surface area contributed by atoms with E-state index in [1.807, 2.05) is 6.08 Å². The molecule has 0 aromatic heterocycles. The molecule has 0 saturated carbocycles. The van der Waals surface area contributed by atoms with Crippen LogP contribution in [0.25, 0.3) is 0 Å². The fourth-order valence-corrected chi connectivity index (χ4v) is 0.506. The van der Waals surface area contributed by atoms with E-state index in [-0.39, 0.29) is 0 Å². The summed E-state index contributed by atoms with van der Waals surface area (Å²) in [7, 11) is 0. The number of unbranched alkanes of at least 4 members (excludes halogenated alkanes) is 1. The van der Waals surface area contributed by atoms with Crippen LogP contribution in [0, 0.1) is 0 Å². The standard InChI is InChI=1S/C7H15N/c1-3-5-7-8-6-4-2/h4,8H,2-3,5-7H2,1H3. The van der Waals surface area contributed by atoms with E-state index in [2.05, 4.69) is 18.8 Å². The molecule has 0 spiro atoms. The molecule has 0 rings (SSSR count). The van der Waals surface area contributed by atoms with Crippen molar-refractivity contribution in [3.63, 3.8) is 0 Å². The molecule has 1 nitrogen and oxygen atoms in total. The van der Waals surface area contributed by atoms with Gasteiger partial charge in [-0.1, -0.05) is 19.4 Å². The van der Waals surface area contributed by atoms with Crippen molar-refractivity contribution in [2.45, 2.75) is 19.8 Å². The number of hydrogen-bond donors (Lipinski definition) is 1. The van der Waals surface area contributed by atoms with E-state index in [0.717, 1.165) is 13.1 Å². The third-order valence-electron chi connectivity index (χ3n) is 0.996. The Kier molecular flexibility index (Phi) is 6.45. The highest BCUT2D eigenvalue weighted by Gasteiger charge is 1.78. The molecule has 0 saturated heterocycles. The predicted molar refractivity (Wildman–Crippen MR) is 38.0 cm³/mol. The van der Waals surface area contributed by atoms with Crippen LogP contribution in [0.4, 0.5) is 0 Å². The highest BCUT2D eigenvalue weighted by Crippen LogP contribution is 1.80. The quantitative estimate of drug-likeness (QED) is 0.421. The van der Waals surface area contributed by atoms with Crippen molar-refractivity contribution in [2.24, 2.45) is 0 Å². The average Bonchev–Trinajstić information content (AvgIpc) is 1.81. The Morgan fingerprint density at radius 1 is 1.62 bits per heavy atom. The SMILES string of the molecule is C=CCNCCCC. The second-order valence-corrected chi connectivity index (χ2v) is 1.85. The van der Waals surface area contributed by atoms with Gasteiger partial charge in [-0.05, 0) is 13.0 Å². The summed E-state index contributed by atoms with van der Waals surface area (Å²) >= 11 is 0. The van der Waals surface area contributed by atoms with Crippen LogP contribution in [-0.4, -0.2) is 13.1 Å². The fourth-order valence-electron chi connectivity index (χ4n) is 0.506. The van der Waals surface area contributed by atoms with Crippen molar-refractivity contribution in [3.8, 4) is 0 Å². The molecule has 0 aliphatic carbocycles. The van der Waals surface area contributed by atoms with Gasteiger partial charge in [0.05, 0.1) is 0 Å². The topological polar surface area (TPSA) is 12.0 Å². The molecule has 48 valence electrons. The van der Waals surface area contributed by atoms with Crippen LogP contribution in [-0.2, 0) is 0 Å². The normalized spacial score (nSPS) is 9.12. The molecule has 8 heavy (non-hydrogen) atoms. The maximum atomic E-state index is 3.60. The maximum Gasteiger partial charge on any atom is 0.0132 e. The summed E-state index contributed by atoms with van der Waals surface area (Å²) in [6, 6.07) is 0. The number of rotatable bonds is 5. The molecule has 0 aromatic carbocycles. The summed E-state index contributed by atoms with van der Waals surface area (Å²) in [6.07, 6.45) is 4.42. The van der Waals surface area contributed by atoms with E-state index in [1.54, 1.807) is 0 Å². The lowest BCUT2D eigenvalue weighted by atomic mass is 10.3. The van der Waals surface area contributed by atoms with Crippen LogP contribution in [0.15, 0.2) is 12.7 Å². The largest absolute Gasteiger partial charge is 0.313 e. The van der Waals surface area contributed by atoms with Gasteiger partial charge in [0, 0.05) is 6.54 Å². The van der Waals surface area contributed by atoms with Gasteiger partial charge in [-0.2, -0.15) is 0 Å². The first-order valence-corrected chi connectivity index (χ1v) is 3.23. The van der Waals surface area contributed by atoms with Gasteiger partial charge in [-0.15, -0.1) is 6.58 Å². The first-order valence-electron chi connectivity index (χ1n) is 3.23. The molecule has 0 heterocycles. The van der Waals surface area contributed by atoms with Gasteiger partial charge in [0.25, 0.3) is 0 Å². The maximum absolute atomic E-state index is 3.60. The summed E-state index contributed by atoms with van der Waals surface area (Å²) in [4.78, 5) is 0. The van der Waals surface area contributed by atoms with Crippen LogP contribution in [0.2, 0.25) is 0 Å². The minimum Gasteiger partial charge on any atom is -0.313 e. The minimum atomic E-state index is 0.944. The lowest BCUT2D eigenvalue weighted by molar-refractivity contribution is 0.682. The molecule has 0 radical (unpaired) electrons. The highest BCUT2D eigenvalue weighted by atomic mass is 14.8. The molecule has 0 amide bonds. The Morgan fingerprint density at radius 3 is 2.88 bits per heavy atom. The third-order valence-corrected chi connectivity index (χ3v) is 0.996. The minimum absolute atomic E-state index is 0.944. The van der Waals surface area contributed by atoms with Crippen molar-refractivity contribution in [1.29, 1.82) is 0 Å². The van der Waals surface area contributed by atoms with E-state index in [1.165, 1.54) is 12.8 Å². The van der Waals surface area contributed by atoms with Crippen molar-refractivity contribution in [2.75, 3.05) is 13.1 Å². The number of hydrogen-bond acceptors (Lipinski definition) is 1. The molecule has 0 aromatic rings. The van der Waals surface area contributed by atoms with Gasteiger partial charge in [0.1, 0.15) is 0 Å². The Hall–Kier alpha value is -0.300. The molecule has 0 fully saturated rings. The van der Waals surface area contributed by atoms with Gasteiger partial charge in [0.15, 0.2) is 0 Å². The van der Waals surface area contributed by atoms with Gasteiger partial charge < -0.3 is 5.32 Å². The molecule has 0 atom stereocenters. The summed E-state index contributed by atoms with van der Waals surface area (Å²) in [5.41, 5.74) is 0. The molecular weight excluding hydrogens is 98.1 g/mol. The summed E-state index contributed by atoms with van der Waals surface area (Å²) in [6.45, 7) is 7.86. The molecular formula is C7H15N. The van der Waals surface area contributed by atoms with Crippen molar-refractivity contribution in [3.05, 3.63) is 12.7 Å². The van der Waals surface area contributed by atoms with E-state index < -0.39 is 0 Å². The van der Waals surface area contributed by atoms with Crippen molar-refractivity contribution >= 4 is 0 Å². The van der Waals surface area contributed by atoms with Crippen molar-refractivity contribution in [1.82, 2.24) is 5.32 Å². The zero-order valence-corrected chi connectivity index (χ0v) is 5.61. The molecule has 1 heteroatoms. The third kappa shape index (κ3) is 5.70. The highest BCUT2D eigenvalue weighted by molar-refractivity contribution is 4.68.